The maximum atomic E-state index is 12.4. The Labute approximate surface area is 178 Å². The standard InChI is InChI=1S/C20H23N5O6/c1-22(20(28)14-24-12-17(25(29)30)6-7-19(24)27)13-18(26)21-15-2-4-16(5-3-15)23-8-10-31-11-9-23/h2-7,12H,8-11,13-14H2,1H3,(H,21,26). The minimum absolute atomic E-state index is 0.228. The van der Waals surface area contributed by atoms with Crippen molar-refractivity contribution >= 4 is 28.9 Å². The zero-order valence-corrected chi connectivity index (χ0v) is 17.0. The van der Waals surface area contributed by atoms with Gasteiger partial charge in [0.25, 0.3) is 11.2 Å². The molecule has 1 aromatic heterocycles. The molecule has 0 radical (unpaired) electrons. The average Bonchev–Trinajstić information content (AvgIpc) is 2.76. The number of ether oxygens (including phenoxy) is 1. The number of benzene rings is 1. The van der Waals surface area contributed by atoms with Crippen LogP contribution in [0.15, 0.2) is 47.4 Å². The third-order valence-electron chi connectivity index (χ3n) is 4.82. The van der Waals surface area contributed by atoms with Gasteiger partial charge in [0.2, 0.25) is 11.8 Å². The molecule has 0 bridgehead atoms. The molecule has 1 aliphatic heterocycles. The van der Waals surface area contributed by atoms with Gasteiger partial charge in [0, 0.05) is 43.6 Å². The molecule has 2 heterocycles. The Balaban J connectivity index is 1.54. The molecular weight excluding hydrogens is 406 g/mol. The molecule has 0 saturated carbocycles. The van der Waals surface area contributed by atoms with Crippen LogP contribution < -0.4 is 15.8 Å². The summed E-state index contributed by atoms with van der Waals surface area (Å²) < 4.78 is 6.28. The fourth-order valence-electron chi connectivity index (χ4n) is 3.10. The van der Waals surface area contributed by atoms with Gasteiger partial charge in [-0.1, -0.05) is 0 Å². The third-order valence-corrected chi connectivity index (χ3v) is 4.82. The Bertz CT molecular complexity index is 1010. The molecule has 1 aliphatic rings. The normalized spacial score (nSPS) is 13.5. The maximum absolute atomic E-state index is 12.4. The second-order valence-corrected chi connectivity index (χ2v) is 7.05. The smallest absolute Gasteiger partial charge is 0.285 e. The Kier molecular flexibility index (Phi) is 6.98. The van der Waals surface area contributed by atoms with E-state index in [1.807, 2.05) is 12.1 Å². The number of carbonyl (C=O) groups is 2. The van der Waals surface area contributed by atoms with Crippen LogP contribution in [0.4, 0.5) is 17.1 Å². The lowest BCUT2D eigenvalue weighted by atomic mass is 10.2. The molecule has 1 fully saturated rings. The summed E-state index contributed by atoms with van der Waals surface area (Å²) in [6, 6.07) is 9.49. The number of amides is 2. The number of morpholine rings is 1. The molecule has 0 aliphatic carbocycles. The van der Waals surface area contributed by atoms with Gasteiger partial charge in [0.05, 0.1) is 30.9 Å². The monoisotopic (exact) mass is 429 g/mol. The van der Waals surface area contributed by atoms with Crippen molar-refractivity contribution in [3.63, 3.8) is 0 Å². The maximum Gasteiger partial charge on any atom is 0.285 e. The topological polar surface area (TPSA) is 127 Å². The number of nitro groups is 1. The molecule has 0 unspecified atom stereocenters. The minimum Gasteiger partial charge on any atom is -0.378 e. The Hall–Kier alpha value is -3.73. The van der Waals surface area contributed by atoms with E-state index in [0.29, 0.717) is 18.9 Å². The zero-order chi connectivity index (χ0) is 22.4. The summed E-state index contributed by atoms with van der Waals surface area (Å²) in [5.74, 6) is -0.929. The van der Waals surface area contributed by atoms with E-state index in [1.54, 1.807) is 12.1 Å². The fourth-order valence-corrected chi connectivity index (χ4v) is 3.10. The number of nitrogens with zero attached hydrogens (tertiary/aromatic N) is 4. The molecule has 1 aromatic carbocycles. The summed E-state index contributed by atoms with van der Waals surface area (Å²) >= 11 is 0. The van der Waals surface area contributed by atoms with E-state index < -0.39 is 28.8 Å². The van der Waals surface area contributed by atoms with Gasteiger partial charge in [-0.15, -0.1) is 0 Å². The van der Waals surface area contributed by atoms with Gasteiger partial charge < -0.3 is 19.9 Å². The highest BCUT2D eigenvalue weighted by Crippen LogP contribution is 2.19. The third kappa shape index (κ3) is 5.89. The molecule has 11 nitrogen and oxygen atoms in total. The number of carbonyl (C=O) groups excluding carboxylic acids is 2. The molecular formula is C20H23N5O6. The predicted molar refractivity (Wildman–Crippen MR) is 113 cm³/mol. The van der Waals surface area contributed by atoms with Gasteiger partial charge in [-0.05, 0) is 24.3 Å². The van der Waals surface area contributed by atoms with E-state index >= 15 is 0 Å². The van der Waals surface area contributed by atoms with Crippen LogP contribution in [0.1, 0.15) is 0 Å². The number of hydrogen-bond donors (Lipinski definition) is 1. The quantitative estimate of drug-likeness (QED) is 0.507. The number of nitrogens with one attached hydrogen (secondary N) is 1. The number of rotatable bonds is 7. The Morgan fingerprint density at radius 2 is 1.84 bits per heavy atom. The van der Waals surface area contributed by atoms with Gasteiger partial charge in [0.1, 0.15) is 6.54 Å². The van der Waals surface area contributed by atoms with E-state index in [0.717, 1.165) is 46.6 Å². The first-order chi connectivity index (χ1) is 14.8. The number of hydrogen-bond acceptors (Lipinski definition) is 7. The summed E-state index contributed by atoms with van der Waals surface area (Å²) in [6.45, 7) is 2.35. The first-order valence-electron chi connectivity index (χ1n) is 9.65. The van der Waals surface area contributed by atoms with Crippen molar-refractivity contribution in [2.75, 3.05) is 50.1 Å². The molecule has 0 atom stereocenters. The molecule has 31 heavy (non-hydrogen) atoms. The molecule has 1 saturated heterocycles. The van der Waals surface area contributed by atoms with E-state index in [1.165, 1.54) is 7.05 Å². The summed E-state index contributed by atoms with van der Waals surface area (Å²) in [6.07, 6.45) is 1.00. The molecule has 0 spiro atoms. The van der Waals surface area contributed by atoms with Crippen LogP contribution in [0, 0.1) is 10.1 Å². The van der Waals surface area contributed by atoms with E-state index in [9.17, 15) is 24.5 Å². The largest absolute Gasteiger partial charge is 0.378 e. The van der Waals surface area contributed by atoms with Crippen LogP contribution in [0.5, 0.6) is 0 Å². The lowest BCUT2D eigenvalue weighted by molar-refractivity contribution is -0.385. The summed E-state index contributed by atoms with van der Waals surface area (Å²) in [5.41, 5.74) is 0.791. The highest BCUT2D eigenvalue weighted by atomic mass is 16.6. The summed E-state index contributed by atoms with van der Waals surface area (Å²) in [4.78, 5) is 50.0. The van der Waals surface area contributed by atoms with E-state index in [4.69, 9.17) is 4.74 Å². The van der Waals surface area contributed by atoms with Gasteiger partial charge in [-0.2, -0.15) is 0 Å². The van der Waals surface area contributed by atoms with Crippen molar-refractivity contribution in [1.29, 1.82) is 0 Å². The SMILES string of the molecule is CN(CC(=O)Nc1ccc(N2CCOCC2)cc1)C(=O)Cn1cc([N+](=O)[O-])ccc1=O. The number of aromatic nitrogens is 1. The number of anilines is 2. The summed E-state index contributed by atoms with van der Waals surface area (Å²) in [7, 11) is 1.42. The fraction of sp³-hybridized carbons (Fsp3) is 0.350. The molecule has 1 N–H and O–H groups in total. The lowest BCUT2D eigenvalue weighted by Gasteiger charge is -2.28. The van der Waals surface area contributed by atoms with Crippen molar-refractivity contribution < 1.29 is 19.2 Å². The van der Waals surface area contributed by atoms with Gasteiger partial charge in [0.15, 0.2) is 0 Å². The molecule has 11 heteroatoms. The predicted octanol–water partition coefficient (Wildman–Crippen LogP) is 0.690. The average molecular weight is 429 g/mol. The van der Waals surface area contributed by atoms with Crippen molar-refractivity contribution in [3.8, 4) is 0 Å². The van der Waals surface area contributed by atoms with Gasteiger partial charge >= 0.3 is 0 Å². The van der Waals surface area contributed by atoms with Crippen molar-refractivity contribution in [2.24, 2.45) is 0 Å². The molecule has 2 amide bonds. The van der Waals surface area contributed by atoms with Crippen molar-refractivity contribution in [3.05, 3.63) is 63.1 Å². The Morgan fingerprint density at radius 1 is 1.16 bits per heavy atom. The van der Waals surface area contributed by atoms with Crippen LogP contribution in [-0.4, -0.2) is 66.1 Å². The van der Waals surface area contributed by atoms with Crippen LogP contribution >= 0.6 is 0 Å². The highest BCUT2D eigenvalue weighted by molar-refractivity contribution is 5.94. The molecule has 164 valence electrons. The van der Waals surface area contributed by atoms with Crippen LogP contribution in [0.2, 0.25) is 0 Å². The molecule has 3 rings (SSSR count). The van der Waals surface area contributed by atoms with Crippen molar-refractivity contribution in [2.45, 2.75) is 6.54 Å². The van der Waals surface area contributed by atoms with Crippen LogP contribution in [0.25, 0.3) is 0 Å². The minimum atomic E-state index is -0.651. The zero-order valence-electron chi connectivity index (χ0n) is 17.0. The van der Waals surface area contributed by atoms with Gasteiger partial charge in [-0.3, -0.25) is 29.1 Å². The first-order valence-corrected chi connectivity index (χ1v) is 9.65. The van der Waals surface area contributed by atoms with E-state index in [2.05, 4.69) is 10.2 Å². The second-order valence-electron chi connectivity index (χ2n) is 7.05. The van der Waals surface area contributed by atoms with Crippen LogP contribution in [0.3, 0.4) is 0 Å². The van der Waals surface area contributed by atoms with Gasteiger partial charge in [-0.25, -0.2) is 0 Å². The summed E-state index contributed by atoms with van der Waals surface area (Å²) in [5, 5.41) is 13.6. The number of pyridine rings is 1. The highest BCUT2D eigenvalue weighted by Gasteiger charge is 2.16. The lowest BCUT2D eigenvalue weighted by Crippen LogP contribution is -2.38. The Morgan fingerprint density at radius 3 is 2.48 bits per heavy atom. The second kappa shape index (κ2) is 9.85. The van der Waals surface area contributed by atoms with Crippen molar-refractivity contribution in [1.82, 2.24) is 9.47 Å². The molecule has 2 aromatic rings. The van der Waals surface area contributed by atoms with E-state index in [-0.39, 0.29) is 12.2 Å². The van der Waals surface area contributed by atoms with Crippen LogP contribution in [-0.2, 0) is 20.9 Å². The first kappa shape index (κ1) is 22.0. The number of likely N-dealkylation sites (N-methyl/N-ethyl adjacent to an activating group) is 1.